The molecule has 1 N–H and O–H groups in total. The predicted molar refractivity (Wildman–Crippen MR) is 58.4 cm³/mol. The number of rotatable bonds is 3. The van der Waals surface area contributed by atoms with Crippen LogP contribution in [0.5, 0.6) is 0 Å². The number of hydrogen-bond acceptors (Lipinski definition) is 3. The summed E-state index contributed by atoms with van der Waals surface area (Å²) in [5, 5.41) is 9.17. The molecule has 82 valence electrons. The van der Waals surface area contributed by atoms with Crippen molar-refractivity contribution in [2.75, 3.05) is 0 Å². The van der Waals surface area contributed by atoms with Crippen molar-refractivity contribution in [3.8, 4) is 0 Å². The van der Waals surface area contributed by atoms with E-state index in [1.54, 1.807) is 19.1 Å². The van der Waals surface area contributed by atoms with Gasteiger partial charge in [-0.1, -0.05) is 12.7 Å². The van der Waals surface area contributed by atoms with E-state index in [0.717, 1.165) is 12.0 Å². The van der Waals surface area contributed by atoms with Gasteiger partial charge in [0.1, 0.15) is 6.10 Å². The fourth-order valence-electron chi connectivity index (χ4n) is 1.32. The summed E-state index contributed by atoms with van der Waals surface area (Å²) in [5.74, 6) is -0.000599. The Kier molecular flexibility index (Phi) is 3.72. The minimum Gasteiger partial charge on any atom is -0.512 e. The third-order valence-corrected chi connectivity index (χ3v) is 2.31. The third kappa shape index (κ3) is 3.27. The average Bonchev–Trinajstić information content (AvgIpc) is 2.18. The second kappa shape index (κ2) is 4.82. The first kappa shape index (κ1) is 11.6. The smallest absolute Gasteiger partial charge is 0.333 e. The molecule has 0 aromatic carbocycles. The van der Waals surface area contributed by atoms with E-state index in [0.29, 0.717) is 17.8 Å². The maximum absolute atomic E-state index is 11.2. The Labute approximate surface area is 89.7 Å². The molecule has 3 nitrogen and oxygen atoms in total. The lowest BCUT2D eigenvalue weighted by Crippen LogP contribution is -2.18. The summed E-state index contributed by atoms with van der Waals surface area (Å²) in [6.07, 6.45) is 4.53. The molecule has 0 fully saturated rings. The molecule has 0 heterocycles. The van der Waals surface area contributed by atoms with Crippen LogP contribution in [0.2, 0.25) is 0 Å². The molecule has 0 aliphatic heterocycles. The lowest BCUT2D eigenvalue weighted by atomic mass is 10.00. The molecule has 1 atom stereocenters. The molecule has 1 aliphatic rings. The van der Waals surface area contributed by atoms with Crippen LogP contribution in [0.1, 0.15) is 26.7 Å². The lowest BCUT2D eigenvalue weighted by Gasteiger charge is -2.18. The Bertz CT molecular complexity index is 337. The van der Waals surface area contributed by atoms with E-state index in [4.69, 9.17) is 4.74 Å². The van der Waals surface area contributed by atoms with Crippen molar-refractivity contribution in [3.63, 3.8) is 0 Å². The fraction of sp³-hybridized carbons (Fsp3) is 0.417. The van der Waals surface area contributed by atoms with Crippen LogP contribution in [-0.2, 0) is 9.53 Å². The Morgan fingerprint density at radius 1 is 1.53 bits per heavy atom. The van der Waals surface area contributed by atoms with Crippen LogP contribution < -0.4 is 0 Å². The van der Waals surface area contributed by atoms with Crippen LogP contribution in [0.15, 0.2) is 35.6 Å². The zero-order valence-corrected chi connectivity index (χ0v) is 9.12. The van der Waals surface area contributed by atoms with Crippen molar-refractivity contribution in [2.24, 2.45) is 0 Å². The molecule has 0 aromatic heterocycles. The first-order valence-corrected chi connectivity index (χ1v) is 4.95. The van der Waals surface area contributed by atoms with Crippen LogP contribution in [0.3, 0.4) is 0 Å². The molecule has 3 heteroatoms. The highest BCUT2D eigenvalue weighted by atomic mass is 16.5. The number of allylic oxidation sites excluding steroid dienone is 3. The highest BCUT2D eigenvalue weighted by Crippen LogP contribution is 2.21. The quantitative estimate of drug-likeness (QED) is 0.573. The molecule has 0 unspecified atom stereocenters. The van der Waals surface area contributed by atoms with Crippen LogP contribution in [-0.4, -0.2) is 17.2 Å². The van der Waals surface area contributed by atoms with Crippen molar-refractivity contribution in [1.82, 2.24) is 0 Å². The molecule has 1 rings (SSSR count). The number of aliphatic hydroxyl groups excluding tert-OH is 1. The Morgan fingerprint density at radius 2 is 2.20 bits per heavy atom. The molecule has 0 radical (unpaired) electrons. The molecule has 15 heavy (non-hydrogen) atoms. The van der Waals surface area contributed by atoms with E-state index in [9.17, 15) is 9.90 Å². The van der Waals surface area contributed by atoms with Crippen LogP contribution >= 0.6 is 0 Å². The zero-order valence-electron chi connectivity index (χ0n) is 9.12. The van der Waals surface area contributed by atoms with E-state index in [1.165, 1.54) is 0 Å². The topological polar surface area (TPSA) is 46.5 Å². The summed E-state index contributed by atoms with van der Waals surface area (Å²) < 4.78 is 5.17. The van der Waals surface area contributed by atoms with E-state index < -0.39 is 0 Å². The van der Waals surface area contributed by atoms with Crippen LogP contribution in [0.25, 0.3) is 0 Å². The standard InChI is InChI=1S/C12H16O3/c1-8(2)12(14)15-9(3)10-4-6-11(13)7-5-10/h4,6,9,13H,1,5,7H2,2-3H3/t9-/m0/s1. The van der Waals surface area contributed by atoms with Crippen LogP contribution in [0, 0.1) is 0 Å². The summed E-state index contributed by atoms with van der Waals surface area (Å²) in [7, 11) is 0. The predicted octanol–water partition coefficient (Wildman–Crippen LogP) is 2.66. The first-order valence-electron chi connectivity index (χ1n) is 4.95. The second-order valence-corrected chi connectivity index (χ2v) is 3.73. The first-order chi connectivity index (χ1) is 7.00. The maximum atomic E-state index is 11.2. The van der Waals surface area contributed by atoms with Gasteiger partial charge in [0.15, 0.2) is 0 Å². The van der Waals surface area contributed by atoms with E-state index in [-0.39, 0.29) is 12.1 Å². The van der Waals surface area contributed by atoms with Gasteiger partial charge in [0, 0.05) is 12.0 Å². The highest BCUT2D eigenvalue weighted by Gasteiger charge is 2.16. The van der Waals surface area contributed by atoms with Crippen molar-refractivity contribution >= 4 is 5.97 Å². The maximum Gasteiger partial charge on any atom is 0.333 e. The fourth-order valence-corrected chi connectivity index (χ4v) is 1.32. The van der Waals surface area contributed by atoms with Gasteiger partial charge >= 0.3 is 5.97 Å². The molecular weight excluding hydrogens is 192 g/mol. The average molecular weight is 208 g/mol. The van der Waals surface area contributed by atoms with Gasteiger partial charge < -0.3 is 9.84 Å². The minimum absolute atomic E-state index is 0.251. The van der Waals surface area contributed by atoms with Gasteiger partial charge in [-0.2, -0.15) is 0 Å². The third-order valence-electron chi connectivity index (χ3n) is 2.31. The van der Waals surface area contributed by atoms with Gasteiger partial charge in [-0.15, -0.1) is 0 Å². The number of hydrogen-bond donors (Lipinski definition) is 1. The zero-order chi connectivity index (χ0) is 11.4. The number of aliphatic hydroxyl groups is 1. The van der Waals surface area contributed by atoms with E-state index in [1.807, 2.05) is 6.92 Å². The summed E-state index contributed by atoms with van der Waals surface area (Å²) in [6.45, 7) is 6.96. The van der Waals surface area contributed by atoms with Gasteiger partial charge in [0.25, 0.3) is 0 Å². The molecule has 0 amide bonds. The molecule has 0 saturated heterocycles. The Balaban J connectivity index is 2.58. The minimum atomic E-state index is -0.373. The summed E-state index contributed by atoms with van der Waals surface area (Å²) in [6, 6.07) is 0. The normalized spacial score (nSPS) is 17.5. The monoisotopic (exact) mass is 208 g/mol. The van der Waals surface area contributed by atoms with Crippen molar-refractivity contribution in [2.45, 2.75) is 32.8 Å². The molecule has 0 aromatic rings. The SMILES string of the molecule is C=C(C)C(=O)O[C@@H](C)C1=CC=C(O)CC1. The number of carbonyl (C=O) groups excluding carboxylic acids is 1. The van der Waals surface area contributed by atoms with Crippen molar-refractivity contribution < 1.29 is 14.6 Å². The molecule has 0 spiro atoms. The summed E-state index contributed by atoms with van der Waals surface area (Å²) in [4.78, 5) is 11.2. The largest absolute Gasteiger partial charge is 0.512 e. The highest BCUT2D eigenvalue weighted by molar-refractivity contribution is 5.87. The second-order valence-electron chi connectivity index (χ2n) is 3.73. The van der Waals surface area contributed by atoms with Crippen LogP contribution in [0.4, 0.5) is 0 Å². The molecule has 0 bridgehead atoms. The number of esters is 1. The Hall–Kier alpha value is -1.51. The number of carbonyl (C=O) groups is 1. The molecule has 0 saturated carbocycles. The molecule has 1 aliphatic carbocycles. The van der Waals surface area contributed by atoms with Crippen molar-refractivity contribution in [1.29, 1.82) is 0 Å². The lowest BCUT2D eigenvalue weighted by molar-refractivity contribution is -0.141. The molecular formula is C12H16O3. The van der Waals surface area contributed by atoms with Gasteiger partial charge in [0.2, 0.25) is 0 Å². The van der Waals surface area contributed by atoms with Gasteiger partial charge in [0.05, 0.1) is 5.76 Å². The van der Waals surface area contributed by atoms with E-state index in [2.05, 4.69) is 6.58 Å². The summed E-state index contributed by atoms with van der Waals surface area (Å²) in [5.41, 5.74) is 1.42. The van der Waals surface area contributed by atoms with E-state index >= 15 is 0 Å². The van der Waals surface area contributed by atoms with Gasteiger partial charge in [-0.25, -0.2) is 4.79 Å². The summed E-state index contributed by atoms with van der Waals surface area (Å²) >= 11 is 0. The Morgan fingerprint density at radius 3 is 2.67 bits per heavy atom. The van der Waals surface area contributed by atoms with Gasteiger partial charge in [-0.05, 0) is 31.9 Å². The van der Waals surface area contributed by atoms with Crippen molar-refractivity contribution in [3.05, 3.63) is 35.6 Å². The number of ether oxygens (including phenoxy) is 1. The van der Waals surface area contributed by atoms with Gasteiger partial charge in [-0.3, -0.25) is 0 Å².